The van der Waals surface area contributed by atoms with Gasteiger partial charge in [-0.1, -0.05) is 6.07 Å². The largest absolute Gasteiger partial charge is 0.492 e. The van der Waals surface area contributed by atoms with E-state index in [1.54, 1.807) is 12.4 Å². The molecule has 4 heterocycles. The summed E-state index contributed by atoms with van der Waals surface area (Å²) in [6.45, 7) is 4.35. The van der Waals surface area contributed by atoms with Gasteiger partial charge in [0, 0.05) is 44.6 Å². The molecule has 0 radical (unpaired) electrons. The Bertz CT molecular complexity index is 1130. The van der Waals surface area contributed by atoms with Gasteiger partial charge in [-0.05, 0) is 30.7 Å². The molecule has 2 aliphatic rings. The highest BCUT2D eigenvalue weighted by molar-refractivity contribution is 5.73. The Morgan fingerprint density at radius 3 is 1.80 bits per heavy atom. The number of rotatable bonds is 5. The Balaban J connectivity index is 0.000000379. The van der Waals surface area contributed by atoms with Gasteiger partial charge in [0.05, 0.1) is 24.1 Å². The quantitative estimate of drug-likeness (QED) is 0.400. The number of aromatic nitrogens is 2. The monoisotopic (exact) mass is 653 g/mol. The third-order valence-corrected chi connectivity index (χ3v) is 5.51. The molecule has 2 aliphatic heterocycles. The lowest BCUT2D eigenvalue weighted by molar-refractivity contribution is -0.193. The summed E-state index contributed by atoms with van der Waals surface area (Å²) in [6.07, 6.45) is -8.82. The van der Waals surface area contributed by atoms with Gasteiger partial charge in [0.1, 0.15) is 5.75 Å². The number of nitrogens with zero attached hydrogens (tertiary/aromatic N) is 3. The first kappa shape index (κ1) is 37.8. The van der Waals surface area contributed by atoms with Crippen molar-refractivity contribution in [1.29, 1.82) is 0 Å². The smallest absolute Gasteiger partial charge is 0.490 e. The summed E-state index contributed by atoms with van der Waals surface area (Å²) in [5.74, 6) is -6.99. The van der Waals surface area contributed by atoms with E-state index in [0.717, 1.165) is 44.1 Å². The second-order valence-electron chi connectivity index (χ2n) is 8.77. The second-order valence-corrected chi connectivity index (χ2v) is 8.77. The van der Waals surface area contributed by atoms with Crippen LogP contribution < -0.4 is 4.74 Å². The number of carboxylic acid groups (broad SMARTS) is 3. The number of aliphatic carboxylic acids is 3. The van der Waals surface area contributed by atoms with Crippen LogP contribution in [0, 0.1) is 5.92 Å². The molecular weight excluding hydrogens is 629 g/mol. The molecule has 1 spiro atoms. The molecule has 0 aromatic carbocycles. The van der Waals surface area contributed by atoms with Crippen LogP contribution in [0.4, 0.5) is 39.5 Å². The highest BCUT2D eigenvalue weighted by Crippen LogP contribution is 2.40. The lowest BCUT2D eigenvalue weighted by Crippen LogP contribution is -2.64. The van der Waals surface area contributed by atoms with Crippen molar-refractivity contribution in [2.24, 2.45) is 5.92 Å². The zero-order valence-corrected chi connectivity index (χ0v) is 22.1. The predicted molar refractivity (Wildman–Crippen MR) is 127 cm³/mol. The van der Waals surface area contributed by atoms with Gasteiger partial charge in [0.2, 0.25) is 0 Å². The van der Waals surface area contributed by atoms with Gasteiger partial charge in [-0.25, -0.2) is 14.4 Å². The van der Waals surface area contributed by atoms with E-state index in [4.69, 9.17) is 39.2 Å². The molecule has 1 atom stereocenters. The Hall–Kier alpha value is -4.20. The molecule has 0 saturated carbocycles. The Kier molecular flexibility index (Phi) is 13.8. The summed E-state index contributed by atoms with van der Waals surface area (Å²) in [7, 11) is 0. The molecule has 0 bridgehead atoms. The van der Waals surface area contributed by atoms with Crippen molar-refractivity contribution in [2.45, 2.75) is 37.1 Å². The van der Waals surface area contributed by atoms with Crippen LogP contribution in [0.25, 0.3) is 0 Å². The lowest BCUT2D eigenvalue weighted by atomic mass is 9.81. The highest BCUT2D eigenvalue weighted by Gasteiger charge is 2.53. The summed E-state index contributed by atoms with van der Waals surface area (Å²) >= 11 is 0. The van der Waals surface area contributed by atoms with Crippen LogP contribution in [-0.4, -0.2) is 98.5 Å². The van der Waals surface area contributed by atoms with Gasteiger partial charge in [0.25, 0.3) is 0 Å². The van der Waals surface area contributed by atoms with Crippen LogP contribution in [0.15, 0.2) is 48.9 Å². The lowest BCUT2D eigenvalue weighted by Gasteiger charge is -2.50. The predicted octanol–water partition coefficient (Wildman–Crippen LogP) is 4.05. The average Bonchev–Trinajstić information content (AvgIpc) is 3.32. The number of hydrogen-bond donors (Lipinski definition) is 3. The van der Waals surface area contributed by atoms with E-state index < -0.39 is 36.4 Å². The Morgan fingerprint density at radius 1 is 0.864 bits per heavy atom. The standard InChI is InChI=1S/C18H21N3O2.3C2HF3O2/c1-2-8-20-16(4-1)11-21-13-18(14-21)15(6-9-23-18)12-22-17-5-3-7-19-10-17;3*3-2(4,5)1(6)7/h1-5,7-8,10,15H,6,9,11-14H2;3*(H,6,7). The molecule has 2 fully saturated rings. The summed E-state index contributed by atoms with van der Waals surface area (Å²) < 4.78 is 107. The maximum absolute atomic E-state index is 10.6. The zero-order chi connectivity index (χ0) is 33.8. The molecule has 2 aromatic rings. The Labute approximate surface area is 241 Å². The van der Waals surface area contributed by atoms with Gasteiger partial charge in [-0.15, -0.1) is 0 Å². The molecule has 20 heteroatoms. The fraction of sp³-hybridized carbons (Fsp3) is 0.458. The van der Waals surface area contributed by atoms with E-state index in [0.29, 0.717) is 12.5 Å². The third kappa shape index (κ3) is 13.4. The number of likely N-dealkylation sites (tertiary alicyclic amines) is 1. The van der Waals surface area contributed by atoms with E-state index in [9.17, 15) is 39.5 Å². The fourth-order valence-corrected chi connectivity index (χ4v) is 3.54. The number of carbonyl (C=O) groups is 3. The maximum atomic E-state index is 10.6. The van der Waals surface area contributed by atoms with Gasteiger partial charge >= 0.3 is 36.4 Å². The number of halogens is 9. The van der Waals surface area contributed by atoms with Crippen LogP contribution >= 0.6 is 0 Å². The van der Waals surface area contributed by atoms with Crippen LogP contribution in [0.3, 0.4) is 0 Å². The van der Waals surface area contributed by atoms with Crippen LogP contribution in [0.2, 0.25) is 0 Å². The summed E-state index contributed by atoms with van der Waals surface area (Å²) in [5, 5.41) is 21.4. The molecule has 2 saturated heterocycles. The van der Waals surface area contributed by atoms with Crippen molar-refractivity contribution in [1.82, 2.24) is 14.9 Å². The average molecular weight is 653 g/mol. The van der Waals surface area contributed by atoms with Crippen LogP contribution in [0.1, 0.15) is 12.1 Å². The fourth-order valence-electron chi connectivity index (χ4n) is 3.54. The van der Waals surface area contributed by atoms with Crippen molar-refractivity contribution in [3.05, 3.63) is 54.6 Å². The maximum Gasteiger partial charge on any atom is 0.490 e. The summed E-state index contributed by atoms with van der Waals surface area (Å²) in [6, 6.07) is 9.91. The molecular formula is C24H24F9N3O8. The van der Waals surface area contributed by atoms with Gasteiger partial charge < -0.3 is 24.8 Å². The Morgan fingerprint density at radius 2 is 1.39 bits per heavy atom. The summed E-state index contributed by atoms with van der Waals surface area (Å²) in [4.78, 5) is 37.6. The van der Waals surface area contributed by atoms with Crippen LogP contribution in [0.5, 0.6) is 5.75 Å². The first-order chi connectivity index (χ1) is 20.2. The van der Waals surface area contributed by atoms with E-state index in [2.05, 4.69) is 20.9 Å². The number of ether oxygens (including phenoxy) is 2. The zero-order valence-electron chi connectivity index (χ0n) is 22.1. The topological polar surface area (TPSA) is 159 Å². The van der Waals surface area contributed by atoms with Crippen LogP contribution in [-0.2, 0) is 25.7 Å². The number of hydrogen-bond acceptors (Lipinski definition) is 8. The first-order valence-electron chi connectivity index (χ1n) is 11.9. The SMILES string of the molecule is O=C(O)C(F)(F)F.O=C(O)C(F)(F)F.O=C(O)C(F)(F)F.c1ccc(CN2CC3(C2)OCCC3COc2cccnc2)nc1. The van der Waals surface area contributed by atoms with Crippen molar-refractivity contribution >= 4 is 17.9 Å². The first-order valence-corrected chi connectivity index (χ1v) is 11.9. The normalized spacial score (nSPS) is 17.3. The number of pyridine rings is 2. The molecule has 11 nitrogen and oxygen atoms in total. The molecule has 2 aromatic heterocycles. The van der Waals surface area contributed by atoms with Gasteiger partial charge in [0.15, 0.2) is 0 Å². The third-order valence-electron chi connectivity index (χ3n) is 5.51. The minimum atomic E-state index is -5.08. The molecule has 0 amide bonds. The molecule has 1 unspecified atom stereocenters. The molecule has 44 heavy (non-hydrogen) atoms. The van der Waals surface area contributed by atoms with Crippen molar-refractivity contribution < 1.29 is 78.7 Å². The molecule has 0 aliphatic carbocycles. The molecule has 246 valence electrons. The molecule has 4 rings (SSSR count). The highest BCUT2D eigenvalue weighted by atomic mass is 19.4. The van der Waals surface area contributed by atoms with E-state index in [-0.39, 0.29) is 5.60 Å². The van der Waals surface area contributed by atoms with Crippen molar-refractivity contribution in [3.8, 4) is 5.75 Å². The minimum Gasteiger partial charge on any atom is -0.492 e. The van der Waals surface area contributed by atoms with E-state index >= 15 is 0 Å². The molecule has 3 N–H and O–H groups in total. The van der Waals surface area contributed by atoms with Gasteiger partial charge in [-0.3, -0.25) is 14.9 Å². The van der Waals surface area contributed by atoms with E-state index in [1.165, 1.54) is 0 Å². The second kappa shape index (κ2) is 16.0. The minimum absolute atomic E-state index is 0.0308. The number of carboxylic acids is 3. The van der Waals surface area contributed by atoms with E-state index in [1.807, 2.05) is 30.5 Å². The summed E-state index contributed by atoms with van der Waals surface area (Å²) in [5.41, 5.74) is 1.08. The number of alkyl halides is 9. The van der Waals surface area contributed by atoms with Crippen molar-refractivity contribution in [3.63, 3.8) is 0 Å². The van der Waals surface area contributed by atoms with Gasteiger partial charge in [-0.2, -0.15) is 39.5 Å². The van der Waals surface area contributed by atoms with Crippen molar-refractivity contribution in [2.75, 3.05) is 26.3 Å².